The van der Waals surface area contributed by atoms with Gasteiger partial charge >= 0.3 is 0 Å². The molecule has 8 nitrogen and oxygen atoms in total. The average molecular weight is 410 g/mol. The standard InChI is InChI=1S/C19H31N5O3S/c1-15(2)23(13-18-20-7-8-22(18)3)12-17-11-21-19(24(17)9-10-27-4)28(25,26)14-16-5-6-16/h7-8,11,15-16H,5-6,9-10,12-14H2,1-4H3. The Bertz CT molecular complexity index is 883. The fraction of sp³-hybridized carbons (Fsp3) is 0.684. The van der Waals surface area contributed by atoms with E-state index >= 15 is 0 Å². The molecule has 1 saturated carbocycles. The maximum Gasteiger partial charge on any atom is 0.227 e. The van der Waals surface area contributed by atoms with Crippen LogP contribution in [-0.2, 0) is 41.3 Å². The molecule has 9 heteroatoms. The zero-order valence-corrected chi connectivity index (χ0v) is 18.0. The molecule has 0 bridgehead atoms. The molecule has 156 valence electrons. The Morgan fingerprint density at radius 2 is 2.04 bits per heavy atom. The van der Waals surface area contributed by atoms with Gasteiger partial charge in [0, 0.05) is 45.7 Å². The lowest BCUT2D eigenvalue weighted by Crippen LogP contribution is -2.32. The summed E-state index contributed by atoms with van der Waals surface area (Å²) in [4.78, 5) is 11.0. The van der Waals surface area contributed by atoms with Crippen LogP contribution in [0.4, 0.5) is 0 Å². The number of hydrogen-bond donors (Lipinski definition) is 0. The van der Waals surface area contributed by atoms with Crippen LogP contribution in [0.25, 0.3) is 0 Å². The first-order chi connectivity index (χ1) is 13.3. The molecule has 1 aliphatic carbocycles. The van der Waals surface area contributed by atoms with Crippen LogP contribution >= 0.6 is 0 Å². The Morgan fingerprint density at radius 1 is 1.29 bits per heavy atom. The third-order valence-electron chi connectivity index (χ3n) is 5.21. The van der Waals surface area contributed by atoms with Crippen molar-refractivity contribution in [3.63, 3.8) is 0 Å². The van der Waals surface area contributed by atoms with Crippen LogP contribution in [-0.4, -0.2) is 57.9 Å². The number of aromatic nitrogens is 4. The Balaban J connectivity index is 1.85. The third kappa shape index (κ3) is 5.01. The molecule has 0 unspecified atom stereocenters. The van der Waals surface area contributed by atoms with E-state index in [1.54, 1.807) is 19.5 Å². The van der Waals surface area contributed by atoms with Crippen molar-refractivity contribution in [2.24, 2.45) is 13.0 Å². The summed E-state index contributed by atoms with van der Waals surface area (Å²) in [5.74, 6) is 1.45. The first-order valence-electron chi connectivity index (χ1n) is 9.78. The summed E-state index contributed by atoms with van der Waals surface area (Å²) < 4.78 is 34.7. The highest BCUT2D eigenvalue weighted by Crippen LogP contribution is 2.32. The van der Waals surface area contributed by atoms with Crippen molar-refractivity contribution in [3.8, 4) is 0 Å². The largest absolute Gasteiger partial charge is 0.383 e. The molecule has 28 heavy (non-hydrogen) atoms. The summed E-state index contributed by atoms with van der Waals surface area (Å²) in [6.45, 7) is 6.45. The van der Waals surface area contributed by atoms with Gasteiger partial charge in [-0.05, 0) is 32.6 Å². The van der Waals surface area contributed by atoms with Crippen LogP contribution in [0, 0.1) is 5.92 Å². The minimum absolute atomic E-state index is 0.173. The number of sulfone groups is 1. The molecule has 0 atom stereocenters. The number of ether oxygens (including phenoxy) is 1. The van der Waals surface area contributed by atoms with Crippen LogP contribution in [0.2, 0.25) is 0 Å². The van der Waals surface area contributed by atoms with Crippen molar-refractivity contribution in [1.29, 1.82) is 0 Å². The van der Waals surface area contributed by atoms with Crippen LogP contribution in [0.15, 0.2) is 23.7 Å². The fourth-order valence-corrected chi connectivity index (χ4v) is 5.08. The van der Waals surface area contributed by atoms with Gasteiger partial charge in [0.25, 0.3) is 0 Å². The van der Waals surface area contributed by atoms with Crippen molar-refractivity contribution in [1.82, 2.24) is 24.0 Å². The van der Waals surface area contributed by atoms with E-state index in [1.165, 1.54) is 0 Å². The van der Waals surface area contributed by atoms with Gasteiger partial charge in [0.05, 0.1) is 30.8 Å². The SMILES string of the molecule is COCCn1c(CN(Cc2nccn2C)C(C)C)cnc1S(=O)(=O)CC1CC1. The summed E-state index contributed by atoms with van der Waals surface area (Å²) in [6, 6.07) is 0.272. The van der Waals surface area contributed by atoms with Gasteiger partial charge in [0.15, 0.2) is 0 Å². The Labute approximate surface area is 167 Å². The monoisotopic (exact) mass is 409 g/mol. The molecule has 0 radical (unpaired) electrons. The van der Waals surface area contributed by atoms with Gasteiger partial charge in [-0.3, -0.25) is 4.90 Å². The second-order valence-electron chi connectivity index (χ2n) is 7.85. The molecule has 3 rings (SSSR count). The minimum Gasteiger partial charge on any atom is -0.383 e. The molecule has 0 amide bonds. The number of imidazole rings is 2. The number of rotatable bonds is 11. The van der Waals surface area contributed by atoms with Gasteiger partial charge in [0.1, 0.15) is 5.82 Å². The summed E-state index contributed by atoms with van der Waals surface area (Å²) in [5, 5.41) is 0.173. The van der Waals surface area contributed by atoms with E-state index in [9.17, 15) is 8.42 Å². The third-order valence-corrected chi connectivity index (χ3v) is 7.00. The van der Waals surface area contributed by atoms with Gasteiger partial charge in [-0.1, -0.05) is 0 Å². The topological polar surface area (TPSA) is 82.2 Å². The molecule has 0 N–H and O–H groups in total. The number of aryl methyl sites for hydroxylation is 1. The number of methoxy groups -OCH3 is 1. The minimum atomic E-state index is -3.39. The fourth-order valence-electron chi connectivity index (χ4n) is 3.22. The van der Waals surface area contributed by atoms with Crippen LogP contribution in [0.1, 0.15) is 38.2 Å². The Morgan fingerprint density at radius 3 is 2.61 bits per heavy atom. The second-order valence-corrected chi connectivity index (χ2v) is 9.78. The van der Waals surface area contributed by atoms with Crippen molar-refractivity contribution >= 4 is 9.84 Å². The molecule has 0 aromatic carbocycles. The van der Waals surface area contributed by atoms with Crippen molar-refractivity contribution in [2.45, 2.75) is 57.5 Å². The van der Waals surface area contributed by atoms with E-state index in [-0.39, 0.29) is 22.9 Å². The predicted octanol–water partition coefficient (Wildman–Crippen LogP) is 1.86. The number of nitrogens with zero attached hydrogens (tertiary/aromatic N) is 5. The van der Waals surface area contributed by atoms with Gasteiger partial charge < -0.3 is 13.9 Å². The quantitative estimate of drug-likeness (QED) is 0.563. The highest BCUT2D eigenvalue weighted by atomic mass is 32.2. The summed E-state index contributed by atoms with van der Waals surface area (Å²) in [7, 11) is 0.211. The zero-order chi connectivity index (χ0) is 20.3. The average Bonchev–Trinajstić information content (AvgIpc) is 3.19. The van der Waals surface area contributed by atoms with E-state index in [2.05, 4.69) is 28.7 Å². The molecule has 1 aliphatic rings. The Hall–Kier alpha value is -1.71. The maximum absolute atomic E-state index is 12.8. The predicted molar refractivity (Wildman–Crippen MR) is 106 cm³/mol. The smallest absolute Gasteiger partial charge is 0.227 e. The highest BCUT2D eigenvalue weighted by Gasteiger charge is 2.32. The molecule has 0 aliphatic heterocycles. The molecule has 2 aromatic rings. The highest BCUT2D eigenvalue weighted by molar-refractivity contribution is 7.91. The lowest BCUT2D eigenvalue weighted by atomic mass is 10.3. The summed E-state index contributed by atoms with van der Waals surface area (Å²) in [5.41, 5.74) is 0.884. The molecule has 0 spiro atoms. The van der Waals surface area contributed by atoms with Crippen LogP contribution in [0.3, 0.4) is 0 Å². The van der Waals surface area contributed by atoms with E-state index in [4.69, 9.17) is 4.74 Å². The van der Waals surface area contributed by atoms with Crippen LogP contribution in [0.5, 0.6) is 0 Å². The van der Waals surface area contributed by atoms with E-state index in [0.29, 0.717) is 26.2 Å². The van der Waals surface area contributed by atoms with Gasteiger partial charge in [0.2, 0.25) is 15.0 Å². The van der Waals surface area contributed by atoms with Crippen LogP contribution < -0.4 is 0 Å². The molecule has 2 aromatic heterocycles. The lowest BCUT2D eigenvalue weighted by Gasteiger charge is -2.26. The maximum atomic E-state index is 12.8. The van der Waals surface area contributed by atoms with E-state index in [1.807, 2.05) is 22.4 Å². The number of hydrogen-bond acceptors (Lipinski definition) is 6. The van der Waals surface area contributed by atoms with Gasteiger partial charge in [-0.25, -0.2) is 18.4 Å². The second kappa shape index (κ2) is 8.75. The summed E-state index contributed by atoms with van der Waals surface area (Å²) >= 11 is 0. The van der Waals surface area contributed by atoms with Crippen molar-refractivity contribution in [3.05, 3.63) is 30.1 Å². The van der Waals surface area contributed by atoms with Crippen molar-refractivity contribution in [2.75, 3.05) is 19.5 Å². The molecule has 1 fully saturated rings. The summed E-state index contributed by atoms with van der Waals surface area (Å²) in [6.07, 6.45) is 7.41. The van der Waals surface area contributed by atoms with E-state index in [0.717, 1.165) is 24.4 Å². The van der Waals surface area contributed by atoms with E-state index < -0.39 is 9.84 Å². The van der Waals surface area contributed by atoms with Gasteiger partial charge in [-0.15, -0.1) is 0 Å². The Kier molecular flexibility index (Phi) is 6.57. The first kappa shape index (κ1) is 21.0. The molecular weight excluding hydrogens is 378 g/mol. The van der Waals surface area contributed by atoms with Crippen molar-refractivity contribution < 1.29 is 13.2 Å². The molecular formula is C19H31N5O3S. The lowest BCUT2D eigenvalue weighted by molar-refractivity contribution is 0.172. The molecule has 2 heterocycles. The first-order valence-corrected chi connectivity index (χ1v) is 11.4. The molecule has 0 saturated heterocycles. The van der Waals surface area contributed by atoms with Gasteiger partial charge in [-0.2, -0.15) is 0 Å². The normalized spacial score (nSPS) is 15.1. The zero-order valence-electron chi connectivity index (χ0n) is 17.2.